The first-order valence-electron chi connectivity index (χ1n) is 15.8. The standard InChI is InChI=1S/C38H38N2O4/c1-5-21-17-22(6-2)32-31(21)35(41)39(36(32)42)29-15-13-25-10-12-28-20-30(16-14-26(28)9-11-27(25)19-29)40-37(43)33-23(7-3)18-24(8-4)34(33)38(40)44/h5-8,13-16,19-24,31-34H,1-4,9-12,17-18H2. The van der Waals surface area contributed by atoms with E-state index in [2.05, 4.69) is 26.3 Å². The van der Waals surface area contributed by atoms with Gasteiger partial charge in [0.25, 0.3) is 0 Å². The van der Waals surface area contributed by atoms with Crippen molar-refractivity contribution >= 4 is 35.0 Å². The van der Waals surface area contributed by atoms with Crippen LogP contribution >= 0.6 is 0 Å². The molecule has 2 saturated carbocycles. The van der Waals surface area contributed by atoms with Crippen molar-refractivity contribution in [1.29, 1.82) is 0 Å². The summed E-state index contributed by atoms with van der Waals surface area (Å²) in [5.74, 6) is -2.09. The third kappa shape index (κ3) is 4.06. The van der Waals surface area contributed by atoms with Crippen molar-refractivity contribution < 1.29 is 19.2 Å². The number of benzene rings is 2. The van der Waals surface area contributed by atoms with Gasteiger partial charge in [0.15, 0.2) is 0 Å². The first kappa shape index (κ1) is 28.5. The van der Waals surface area contributed by atoms with E-state index in [9.17, 15) is 19.2 Å². The highest BCUT2D eigenvalue weighted by atomic mass is 16.2. The van der Waals surface area contributed by atoms with Crippen LogP contribution in [0.3, 0.4) is 0 Å². The molecule has 7 rings (SSSR count). The summed E-state index contributed by atoms with van der Waals surface area (Å²) in [6.45, 7) is 15.7. The second-order valence-corrected chi connectivity index (χ2v) is 13.1. The number of nitrogens with zero attached hydrogens (tertiary/aromatic N) is 2. The Labute approximate surface area is 258 Å². The molecule has 0 bridgehead atoms. The number of carbonyl (C=O) groups is 4. The van der Waals surface area contributed by atoms with Gasteiger partial charge in [-0.1, -0.05) is 36.4 Å². The maximum Gasteiger partial charge on any atom is 0.238 e. The van der Waals surface area contributed by atoms with Crippen LogP contribution in [0.4, 0.5) is 11.4 Å². The Morgan fingerprint density at radius 2 is 0.773 bits per heavy atom. The van der Waals surface area contributed by atoms with Crippen LogP contribution in [0.1, 0.15) is 35.1 Å². The van der Waals surface area contributed by atoms with Gasteiger partial charge in [0.1, 0.15) is 0 Å². The lowest BCUT2D eigenvalue weighted by molar-refractivity contribution is -0.124. The van der Waals surface area contributed by atoms with Gasteiger partial charge >= 0.3 is 0 Å². The van der Waals surface area contributed by atoms with Crippen molar-refractivity contribution in [2.24, 2.45) is 47.3 Å². The van der Waals surface area contributed by atoms with E-state index in [-0.39, 0.29) is 71.0 Å². The van der Waals surface area contributed by atoms with Gasteiger partial charge in [-0.3, -0.25) is 29.0 Å². The Hall–Kier alpha value is -4.32. The number of aryl methyl sites for hydroxylation is 4. The maximum atomic E-state index is 13.6. The summed E-state index contributed by atoms with van der Waals surface area (Å²) in [7, 11) is 0. The van der Waals surface area contributed by atoms with E-state index < -0.39 is 0 Å². The molecule has 224 valence electrons. The average Bonchev–Trinajstić information content (AvgIpc) is 3.73. The Balaban J connectivity index is 1.13. The van der Waals surface area contributed by atoms with Crippen molar-refractivity contribution in [2.75, 3.05) is 9.80 Å². The summed E-state index contributed by atoms with van der Waals surface area (Å²) in [5, 5.41) is 0. The number of imide groups is 2. The van der Waals surface area contributed by atoms with Crippen LogP contribution in [-0.2, 0) is 44.9 Å². The molecule has 6 heteroatoms. The Morgan fingerprint density at radius 1 is 0.477 bits per heavy atom. The summed E-state index contributed by atoms with van der Waals surface area (Å²) in [6.07, 6.45) is 11.8. The largest absolute Gasteiger partial charge is 0.274 e. The minimum atomic E-state index is -0.370. The van der Waals surface area contributed by atoms with Crippen molar-refractivity contribution in [2.45, 2.75) is 38.5 Å². The SMILES string of the molecule is C=CC1CC(C=C)C2C(=O)N(c3ccc4c(c3)CCc3ccc(N5C(=O)C6C(C=C)CC(C=C)C6C5=O)cc3CC4)C(=O)C12. The Kier molecular flexibility index (Phi) is 6.91. The van der Waals surface area contributed by atoms with Gasteiger partial charge in [0.2, 0.25) is 23.6 Å². The zero-order valence-electron chi connectivity index (χ0n) is 25.0. The first-order chi connectivity index (χ1) is 21.3. The second-order valence-electron chi connectivity index (χ2n) is 13.1. The van der Waals surface area contributed by atoms with E-state index in [4.69, 9.17) is 0 Å². The monoisotopic (exact) mass is 586 g/mol. The minimum absolute atomic E-state index is 0.0206. The van der Waals surface area contributed by atoms with E-state index in [1.54, 1.807) is 0 Å². The molecule has 4 amide bonds. The van der Waals surface area contributed by atoms with Crippen molar-refractivity contribution in [1.82, 2.24) is 0 Å². The molecule has 3 aliphatic carbocycles. The Morgan fingerprint density at radius 3 is 1.07 bits per heavy atom. The molecule has 0 radical (unpaired) electrons. The summed E-state index contributed by atoms with van der Waals surface area (Å²) in [4.78, 5) is 57.1. The highest BCUT2D eigenvalue weighted by Gasteiger charge is 2.58. The summed E-state index contributed by atoms with van der Waals surface area (Å²) < 4.78 is 0. The normalized spacial score (nSPS) is 32.5. The Bertz CT molecular complexity index is 1470. The lowest BCUT2D eigenvalue weighted by Gasteiger charge is -2.23. The van der Waals surface area contributed by atoms with Crippen LogP contribution in [0.2, 0.25) is 0 Å². The number of rotatable bonds is 6. The fourth-order valence-electron chi connectivity index (χ4n) is 8.92. The summed E-state index contributed by atoms with van der Waals surface area (Å²) in [6, 6.07) is 11.9. The zero-order valence-corrected chi connectivity index (χ0v) is 25.0. The molecule has 2 aliphatic heterocycles. The lowest BCUT2D eigenvalue weighted by atomic mass is 9.88. The first-order valence-corrected chi connectivity index (χ1v) is 15.8. The second kappa shape index (κ2) is 10.7. The predicted octanol–water partition coefficient (Wildman–Crippen LogP) is 5.80. The van der Waals surface area contributed by atoms with Gasteiger partial charge in [-0.25, -0.2) is 0 Å². The fourth-order valence-corrected chi connectivity index (χ4v) is 8.92. The van der Waals surface area contributed by atoms with E-state index >= 15 is 0 Å². The van der Waals surface area contributed by atoms with Crippen molar-refractivity contribution in [3.8, 4) is 0 Å². The highest BCUT2D eigenvalue weighted by Crippen LogP contribution is 2.51. The number of hydrogen-bond donors (Lipinski definition) is 0. The maximum absolute atomic E-state index is 13.6. The third-order valence-corrected chi connectivity index (χ3v) is 11.2. The third-order valence-electron chi connectivity index (χ3n) is 11.2. The minimum Gasteiger partial charge on any atom is -0.274 e. The molecule has 8 atom stereocenters. The molecular weight excluding hydrogens is 548 g/mol. The topological polar surface area (TPSA) is 74.8 Å². The number of anilines is 2. The molecule has 8 unspecified atom stereocenters. The summed E-state index contributed by atoms with van der Waals surface area (Å²) in [5.41, 5.74) is 5.92. The average molecular weight is 587 g/mol. The van der Waals surface area contributed by atoms with E-state index in [0.717, 1.165) is 49.7 Å². The number of fused-ring (bicyclic) bond motifs is 4. The van der Waals surface area contributed by atoms with Crippen LogP contribution in [0.25, 0.3) is 0 Å². The molecule has 2 aromatic rings. The molecular formula is C38H38N2O4. The summed E-state index contributed by atoms with van der Waals surface area (Å²) >= 11 is 0. The molecule has 0 spiro atoms. The van der Waals surface area contributed by atoms with Crippen LogP contribution in [0.5, 0.6) is 0 Å². The highest BCUT2D eigenvalue weighted by molar-refractivity contribution is 6.23. The number of allylic oxidation sites excluding steroid dienone is 4. The van der Waals surface area contributed by atoms with Crippen molar-refractivity contribution in [3.05, 3.63) is 109 Å². The van der Waals surface area contributed by atoms with Crippen LogP contribution in [-0.4, -0.2) is 23.6 Å². The van der Waals surface area contributed by atoms with E-state index in [1.807, 2.05) is 60.7 Å². The van der Waals surface area contributed by atoms with Gasteiger partial charge in [-0.15, -0.1) is 26.3 Å². The number of hydrogen-bond acceptors (Lipinski definition) is 4. The molecule has 6 nitrogen and oxygen atoms in total. The molecule has 0 N–H and O–H groups in total. The predicted molar refractivity (Wildman–Crippen MR) is 171 cm³/mol. The van der Waals surface area contributed by atoms with Gasteiger partial charge in [0, 0.05) is 0 Å². The van der Waals surface area contributed by atoms with Gasteiger partial charge in [-0.2, -0.15) is 0 Å². The van der Waals surface area contributed by atoms with Gasteiger partial charge in [-0.05, 0) is 109 Å². The number of carbonyl (C=O) groups excluding carboxylic acids is 4. The van der Waals surface area contributed by atoms with Gasteiger partial charge < -0.3 is 0 Å². The molecule has 2 heterocycles. The van der Waals surface area contributed by atoms with Gasteiger partial charge in [0.05, 0.1) is 35.0 Å². The van der Waals surface area contributed by atoms with Crippen LogP contribution in [0.15, 0.2) is 87.0 Å². The smallest absolute Gasteiger partial charge is 0.238 e. The van der Waals surface area contributed by atoms with Crippen molar-refractivity contribution in [3.63, 3.8) is 0 Å². The zero-order chi connectivity index (χ0) is 30.9. The molecule has 2 aromatic carbocycles. The lowest BCUT2D eigenvalue weighted by Crippen LogP contribution is -2.33. The number of amides is 4. The molecule has 4 fully saturated rings. The van der Waals surface area contributed by atoms with Crippen LogP contribution in [0, 0.1) is 47.3 Å². The molecule has 0 aromatic heterocycles. The van der Waals surface area contributed by atoms with E-state index in [1.165, 1.54) is 20.9 Å². The quantitative estimate of drug-likeness (QED) is 0.317. The van der Waals surface area contributed by atoms with E-state index in [0.29, 0.717) is 11.4 Å². The molecule has 44 heavy (non-hydrogen) atoms. The fraction of sp³-hybridized carbons (Fsp3) is 0.368. The molecule has 5 aliphatic rings. The molecule has 2 saturated heterocycles. The van der Waals surface area contributed by atoms with Crippen LogP contribution < -0.4 is 9.80 Å².